The van der Waals surface area contributed by atoms with E-state index in [1.54, 1.807) is 19.6 Å². The molecular formula is C78H137N5O41. The molecule has 0 aliphatic carbocycles. The summed E-state index contributed by atoms with van der Waals surface area (Å²) in [5, 5.41) is 32.9. The van der Waals surface area contributed by atoms with Crippen LogP contribution in [0.5, 0.6) is 0 Å². The van der Waals surface area contributed by atoms with Crippen molar-refractivity contribution >= 4 is 23.8 Å². The number of nitrogens with one attached hydrogen (secondary N) is 1. The zero-order valence-electron chi connectivity index (χ0n) is 74.8. The summed E-state index contributed by atoms with van der Waals surface area (Å²) in [6.45, 7) is -1.43. The molecule has 22 saturated heterocycles. The van der Waals surface area contributed by atoms with Gasteiger partial charge in [-0.25, -0.2) is 0 Å². The number of amides is 1. The van der Waals surface area contributed by atoms with Crippen LogP contribution in [0.4, 0.5) is 0 Å². The number of carbonyl (C=O) groups excluding carboxylic acids is 1. The molecule has 46 nitrogen and oxygen atoms in total. The number of aliphatic carboxylic acids is 3. The second kappa shape index (κ2) is 52.0. The number of carbonyl (C=O) groups is 4. The molecule has 22 heterocycles. The standard InChI is InChI=1S/C78H137N5O41/c1-91-34-41-52-59(98-8)67(106-16)74(113-41)121-54-43(36-93-3)115-76(69(108-18)61(54)100-10)123-56-45(38-95-5)117-78(71(110-20)63(56)102-12)124-57-46(39-96-6)116-77(70(109-19)64(57)103-13)122-55-44(37-94-4)114-75(68(107-17)62(55)101-11)120-53-42(35-92-2)112-73(66(105-15)60(53)99-9)118-51-40(111-72(119-52)65(104-14)58(51)97-7)29-79-47(84)30-80-21-23-81(31-48(85)86)25-27-83(33-50(89)90)28-26-82(24-22-80)32-49(87)88/h40-46,51-78H,21-39H2,1-20H3,(H,79,84)(H,85,86)(H,87,88)(H,89,90)/t40-,41-,42-,43-,44-,45-,46-,51-,52-,53-,54-,55-,56-,57-,58+,59+,60+,61+,62+,63+,64+,65-,66-,67-,68-,69-,70-,71-,72-,73-,74-,75-,76-,77-,78-/m1/s1. The van der Waals surface area contributed by atoms with E-state index in [9.17, 15) is 34.5 Å². The Labute approximate surface area is 723 Å². The van der Waals surface area contributed by atoms with Crippen molar-refractivity contribution in [2.45, 2.75) is 215 Å². The first kappa shape index (κ1) is 104. The molecule has 720 valence electrons. The van der Waals surface area contributed by atoms with Gasteiger partial charge in [-0.15, -0.1) is 0 Å². The maximum Gasteiger partial charge on any atom is 0.317 e. The molecule has 0 unspecified atom stereocenters. The topological polar surface area (TPSA) is 468 Å². The number of nitrogens with zero attached hydrogens (tertiary/aromatic N) is 4. The Morgan fingerprint density at radius 2 is 0.387 bits per heavy atom. The van der Waals surface area contributed by atoms with Crippen LogP contribution in [0, 0.1) is 0 Å². The third kappa shape index (κ3) is 25.8. The van der Waals surface area contributed by atoms with Crippen molar-refractivity contribution in [3.8, 4) is 0 Å². The summed E-state index contributed by atoms with van der Waals surface area (Å²) in [7, 11) is 29.3. The number of ether oxygens (including phenoxy) is 34. The summed E-state index contributed by atoms with van der Waals surface area (Å²) in [5.41, 5.74) is 0. The molecule has 35 atom stereocenters. The number of rotatable bonds is 36. The number of carboxylic acids is 3. The van der Waals surface area contributed by atoms with Crippen molar-refractivity contribution < 1.29 is 196 Å². The van der Waals surface area contributed by atoms with Gasteiger partial charge in [0.25, 0.3) is 0 Å². The quantitative estimate of drug-likeness (QED) is 0.0459. The van der Waals surface area contributed by atoms with E-state index < -0.39 is 252 Å². The first-order valence-electron chi connectivity index (χ1n) is 41.3. The lowest BCUT2D eigenvalue weighted by atomic mass is 9.94. The minimum Gasteiger partial charge on any atom is -0.480 e. The largest absolute Gasteiger partial charge is 0.480 e. The molecule has 22 rings (SSSR count). The van der Waals surface area contributed by atoms with E-state index in [2.05, 4.69) is 5.32 Å². The lowest BCUT2D eigenvalue weighted by molar-refractivity contribution is -0.402. The highest BCUT2D eigenvalue weighted by molar-refractivity contribution is 5.78. The zero-order valence-corrected chi connectivity index (χ0v) is 74.8. The Morgan fingerprint density at radius 3 is 0.540 bits per heavy atom. The van der Waals surface area contributed by atoms with Gasteiger partial charge in [-0.1, -0.05) is 0 Å². The van der Waals surface area contributed by atoms with Crippen molar-refractivity contribution in [3.05, 3.63) is 0 Å². The maximum absolute atomic E-state index is 15.0. The fourth-order valence-corrected chi connectivity index (χ4v) is 18.0. The van der Waals surface area contributed by atoms with Gasteiger partial charge in [-0.2, -0.15) is 0 Å². The molecule has 1 amide bonds. The number of carboxylic acid groups (broad SMARTS) is 3. The predicted molar refractivity (Wildman–Crippen MR) is 419 cm³/mol. The highest BCUT2D eigenvalue weighted by atomic mass is 16.8. The van der Waals surface area contributed by atoms with Crippen LogP contribution < -0.4 is 5.32 Å². The van der Waals surface area contributed by atoms with Crippen LogP contribution in [0.25, 0.3) is 0 Å². The van der Waals surface area contributed by atoms with Crippen molar-refractivity contribution in [2.24, 2.45) is 0 Å². The fourth-order valence-electron chi connectivity index (χ4n) is 18.0. The highest BCUT2D eigenvalue weighted by Gasteiger charge is 2.63. The van der Waals surface area contributed by atoms with E-state index in [0.717, 1.165) is 0 Å². The highest BCUT2D eigenvalue weighted by Crippen LogP contribution is 2.43. The van der Waals surface area contributed by atoms with Gasteiger partial charge in [0, 0.05) is 201 Å². The summed E-state index contributed by atoms with van der Waals surface area (Å²) in [6, 6.07) is 0. The monoisotopic (exact) mass is 1800 g/mol. The van der Waals surface area contributed by atoms with E-state index in [1.807, 2.05) is 0 Å². The Kier molecular flexibility index (Phi) is 43.6. The Hall–Kier alpha value is -3.64. The van der Waals surface area contributed by atoms with Crippen LogP contribution in [0.2, 0.25) is 0 Å². The number of methoxy groups -OCH3 is 20. The summed E-state index contributed by atoms with van der Waals surface area (Å²) in [5.74, 6) is -3.90. The summed E-state index contributed by atoms with van der Waals surface area (Å²) in [6.07, 6.45) is -40.5. The molecule has 0 aromatic rings. The molecule has 4 N–H and O–H groups in total. The average Bonchev–Trinajstić information content (AvgIpc) is 0.793. The molecule has 0 radical (unpaired) electrons. The predicted octanol–water partition coefficient (Wildman–Crippen LogP) is -4.55. The normalized spacial score (nSPS) is 40.7. The van der Waals surface area contributed by atoms with Gasteiger partial charge in [-0.3, -0.25) is 38.8 Å². The molecule has 0 aromatic carbocycles. The van der Waals surface area contributed by atoms with Crippen molar-refractivity contribution in [2.75, 3.05) is 267 Å². The van der Waals surface area contributed by atoms with Crippen molar-refractivity contribution in [1.82, 2.24) is 24.9 Å². The molecule has 46 heteroatoms. The average molecular weight is 1800 g/mol. The van der Waals surface area contributed by atoms with Crippen LogP contribution >= 0.6 is 0 Å². The lowest BCUT2D eigenvalue weighted by Gasteiger charge is -2.52. The molecule has 124 heavy (non-hydrogen) atoms. The molecule has 0 spiro atoms. The third-order valence-electron chi connectivity index (χ3n) is 23.8. The molecule has 22 aliphatic heterocycles. The SMILES string of the molecule is COC[C@H]1O[C@@H]2O[C@H]3[C@H](OC)[C@@H](OC)[C@@H](O[C@H]4[C@H](OC)[C@@H](OC)[C@@H](O[C@H]5[C@H](OC)[C@@H](OC)[C@@H](O[C@H]6[C@H](OC)[C@@H](OC)[C@@H](O[C@H]7[C@H](OC)[C@@H](OC)[C@@H](O[C@H]8[C@H](OC)[C@@H](OC)[C@@H](O[C@H]1[C@H](OC)[C@H]2OC)O[C@@H]8CNC(=O)CN1CCN(CC(=O)O)CCN(CC(=O)O)CCN(CC(=O)O)CC1)O[C@@H]7COC)O[C@@H]6COC)O[C@@H]5COC)O[C@@H]4COC)O[C@@H]3COC. The van der Waals surface area contributed by atoms with E-state index in [0.29, 0.717) is 0 Å². The lowest BCUT2D eigenvalue weighted by Crippen LogP contribution is -2.69. The number of hydrogen-bond acceptors (Lipinski definition) is 42. The van der Waals surface area contributed by atoms with E-state index in [-0.39, 0.29) is 112 Å². The molecule has 22 fully saturated rings. The van der Waals surface area contributed by atoms with E-state index in [4.69, 9.17) is 161 Å². The Morgan fingerprint density at radius 1 is 0.234 bits per heavy atom. The van der Waals surface area contributed by atoms with Crippen LogP contribution in [-0.2, 0) is 180 Å². The van der Waals surface area contributed by atoms with Crippen molar-refractivity contribution in [1.29, 1.82) is 0 Å². The molecular weight excluding hydrogens is 1660 g/mol. The summed E-state index contributed by atoms with van der Waals surface area (Å²) < 4.78 is 223. The Balaban J connectivity index is 1.14. The smallest absolute Gasteiger partial charge is 0.317 e. The van der Waals surface area contributed by atoms with E-state index >= 15 is 0 Å². The van der Waals surface area contributed by atoms with E-state index in [1.165, 1.54) is 142 Å². The van der Waals surface area contributed by atoms with Gasteiger partial charge < -0.3 is 182 Å². The molecule has 22 aliphatic rings. The van der Waals surface area contributed by atoms with Crippen LogP contribution in [0.15, 0.2) is 0 Å². The first-order chi connectivity index (χ1) is 60.0. The zero-order chi connectivity index (χ0) is 90.0. The summed E-state index contributed by atoms with van der Waals surface area (Å²) in [4.78, 5) is 58.2. The van der Waals surface area contributed by atoms with Crippen LogP contribution in [0.1, 0.15) is 0 Å². The second-order valence-electron chi connectivity index (χ2n) is 31.1. The molecule has 0 aromatic heterocycles. The minimum atomic E-state index is -1.47. The van der Waals surface area contributed by atoms with Crippen molar-refractivity contribution in [3.63, 3.8) is 0 Å². The second-order valence-corrected chi connectivity index (χ2v) is 31.1. The molecule has 0 saturated carbocycles. The Bertz CT molecular complexity index is 3040. The molecule has 14 bridgehead atoms. The first-order valence-corrected chi connectivity index (χ1v) is 41.3. The summed E-state index contributed by atoms with van der Waals surface area (Å²) >= 11 is 0. The van der Waals surface area contributed by atoms with Gasteiger partial charge in [-0.05, 0) is 0 Å². The van der Waals surface area contributed by atoms with Gasteiger partial charge in [0.15, 0.2) is 44.0 Å². The number of hydrogen-bond donors (Lipinski definition) is 4. The van der Waals surface area contributed by atoms with Gasteiger partial charge in [0.05, 0.1) is 65.8 Å². The third-order valence-corrected chi connectivity index (χ3v) is 23.8. The van der Waals surface area contributed by atoms with Gasteiger partial charge in [0.2, 0.25) is 5.91 Å². The van der Waals surface area contributed by atoms with Gasteiger partial charge in [0.1, 0.15) is 171 Å². The maximum atomic E-state index is 15.0. The minimum absolute atomic E-state index is 0.0868. The van der Waals surface area contributed by atoms with Crippen LogP contribution in [0.3, 0.4) is 0 Å². The van der Waals surface area contributed by atoms with Gasteiger partial charge >= 0.3 is 17.9 Å². The fraction of sp³-hybridized carbons (Fsp3) is 0.949. The van der Waals surface area contributed by atoms with Crippen LogP contribution in [-0.4, -0.2) is 541 Å².